The van der Waals surface area contributed by atoms with Crippen molar-refractivity contribution in [2.75, 3.05) is 17.6 Å². The molecule has 0 amide bonds. The van der Waals surface area contributed by atoms with Gasteiger partial charge in [-0.05, 0) is 41.8 Å². The van der Waals surface area contributed by atoms with Crippen molar-refractivity contribution in [1.82, 2.24) is 20.2 Å². The quantitative estimate of drug-likeness (QED) is 0.622. The first-order valence-electron chi connectivity index (χ1n) is 6.63. The maximum absolute atomic E-state index is 4.08. The van der Waals surface area contributed by atoms with Crippen LogP contribution in [-0.4, -0.2) is 32.5 Å². The second-order valence-corrected chi connectivity index (χ2v) is 5.69. The Morgan fingerprint density at radius 2 is 2.11 bits per heavy atom. The van der Waals surface area contributed by atoms with Gasteiger partial charge >= 0.3 is 0 Å². The maximum Gasteiger partial charge on any atom is 0.209 e. The summed E-state index contributed by atoms with van der Waals surface area (Å²) in [5.41, 5.74) is 1.18. The van der Waals surface area contributed by atoms with Gasteiger partial charge in [-0.1, -0.05) is 30.0 Å². The monoisotopic (exact) mass is 275 g/mol. The van der Waals surface area contributed by atoms with Crippen LogP contribution in [0.2, 0.25) is 0 Å². The van der Waals surface area contributed by atoms with E-state index in [0.717, 1.165) is 23.9 Å². The third-order valence-corrected chi connectivity index (χ3v) is 4.03. The zero-order valence-corrected chi connectivity index (χ0v) is 11.5. The molecule has 1 aliphatic carbocycles. The zero-order chi connectivity index (χ0) is 12.9. The van der Waals surface area contributed by atoms with E-state index in [9.17, 15) is 0 Å². The van der Waals surface area contributed by atoms with E-state index >= 15 is 0 Å². The highest BCUT2D eigenvalue weighted by Gasteiger charge is 2.27. The summed E-state index contributed by atoms with van der Waals surface area (Å²) in [4.78, 5) is 0. The molecule has 0 aliphatic heterocycles. The summed E-state index contributed by atoms with van der Waals surface area (Å²) >= 11 is 1.74. The molecule has 0 radical (unpaired) electrons. The molecule has 1 aromatic carbocycles. The number of tetrazole rings is 1. The molecule has 1 N–H and O–H groups in total. The molecule has 1 aliphatic rings. The summed E-state index contributed by atoms with van der Waals surface area (Å²) in [5, 5.41) is 16.2. The second kappa shape index (κ2) is 6.06. The highest BCUT2D eigenvalue weighted by atomic mass is 32.2. The van der Waals surface area contributed by atoms with Gasteiger partial charge in [-0.2, -0.15) is 0 Å². The predicted octanol–water partition coefficient (Wildman–Crippen LogP) is 2.60. The minimum atomic E-state index is 0.556. The van der Waals surface area contributed by atoms with Crippen molar-refractivity contribution < 1.29 is 0 Å². The topological polar surface area (TPSA) is 55.6 Å². The van der Waals surface area contributed by atoms with Gasteiger partial charge in [0.25, 0.3) is 0 Å². The van der Waals surface area contributed by atoms with Gasteiger partial charge in [-0.3, -0.25) is 0 Å². The van der Waals surface area contributed by atoms with Crippen LogP contribution in [0.25, 0.3) is 0 Å². The lowest BCUT2D eigenvalue weighted by Crippen LogP contribution is -2.03. The van der Waals surface area contributed by atoms with Crippen LogP contribution in [0.1, 0.15) is 25.3 Å². The Morgan fingerprint density at radius 1 is 1.26 bits per heavy atom. The van der Waals surface area contributed by atoms with Gasteiger partial charge in [-0.25, -0.2) is 4.68 Å². The molecule has 1 saturated carbocycles. The van der Waals surface area contributed by atoms with E-state index in [0.29, 0.717) is 6.04 Å². The van der Waals surface area contributed by atoms with Crippen molar-refractivity contribution in [2.24, 2.45) is 0 Å². The number of anilines is 1. The summed E-state index contributed by atoms with van der Waals surface area (Å²) in [7, 11) is 0. The number of nitrogens with one attached hydrogen (secondary N) is 1. The fourth-order valence-electron chi connectivity index (χ4n) is 1.85. The highest BCUT2D eigenvalue weighted by Crippen LogP contribution is 2.36. The molecule has 0 spiro atoms. The van der Waals surface area contributed by atoms with Crippen LogP contribution < -0.4 is 5.32 Å². The molecule has 5 nitrogen and oxygen atoms in total. The van der Waals surface area contributed by atoms with Crippen molar-refractivity contribution in [1.29, 1.82) is 0 Å². The number of para-hydroxylation sites is 1. The molecule has 2 aromatic rings. The van der Waals surface area contributed by atoms with Crippen molar-refractivity contribution >= 4 is 17.4 Å². The molecule has 0 saturated heterocycles. The summed E-state index contributed by atoms with van der Waals surface area (Å²) in [5.74, 6) is 1.03. The lowest BCUT2D eigenvalue weighted by molar-refractivity contribution is 0.565. The SMILES string of the molecule is c1ccc(NCCCSc2nnnn2C2CC2)cc1. The fourth-order valence-corrected chi connectivity index (χ4v) is 2.74. The Morgan fingerprint density at radius 3 is 2.89 bits per heavy atom. The molecule has 0 unspecified atom stereocenters. The van der Waals surface area contributed by atoms with Gasteiger partial charge < -0.3 is 5.32 Å². The van der Waals surface area contributed by atoms with E-state index < -0.39 is 0 Å². The van der Waals surface area contributed by atoms with E-state index in [4.69, 9.17) is 0 Å². The molecular weight excluding hydrogens is 258 g/mol. The Kier molecular flexibility index (Phi) is 3.98. The molecule has 1 aromatic heterocycles. The molecule has 1 fully saturated rings. The Labute approximate surface area is 116 Å². The van der Waals surface area contributed by atoms with Crippen LogP contribution in [0.3, 0.4) is 0 Å². The summed E-state index contributed by atoms with van der Waals surface area (Å²) in [6.45, 7) is 0.974. The number of nitrogens with zero attached hydrogens (tertiary/aromatic N) is 4. The Balaban J connectivity index is 1.38. The van der Waals surface area contributed by atoms with E-state index in [1.165, 1.54) is 18.5 Å². The first-order valence-corrected chi connectivity index (χ1v) is 7.61. The van der Waals surface area contributed by atoms with Gasteiger partial charge in [0.05, 0.1) is 6.04 Å². The molecule has 3 rings (SSSR count). The van der Waals surface area contributed by atoms with Crippen molar-refractivity contribution in [2.45, 2.75) is 30.5 Å². The lowest BCUT2D eigenvalue weighted by atomic mass is 10.3. The number of benzene rings is 1. The van der Waals surface area contributed by atoms with Crippen LogP contribution >= 0.6 is 11.8 Å². The fraction of sp³-hybridized carbons (Fsp3) is 0.462. The van der Waals surface area contributed by atoms with Gasteiger partial charge in [0.1, 0.15) is 0 Å². The van der Waals surface area contributed by atoms with E-state index in [1.807, 2.05) is 22.9 Å². The molecule has 19 heavy (non-hydrogen) atoms. The standard InChI is InChI=1S/C13H17N5S/c1-2-5-11(6-3-1)14-9-4-10-19-13-15-16-17-18(13)12-7-8-12/h1-3,5-6,12,14H,4,7-10H2. The molecule has 6 heteroatoms. The number of hydrogen-bond donors (Lipinski definition) is 1. The van der Waals surface area contributed by atoms with Crippen LogP contribution in [0, 0.1) is 0 Å². The number of aromatic nitrogens is 4. The van der Waals surface area contributed by atoms with Gasteiger partial charge in [0.2, 0.25) is 5.16 Å². The maximum atomic E-state index is 4.08. The molecule has 0 bridgehead atoms. The number of thioether (sulfide) groups is 1. The summed E-state index contributed by atoms with van der Waals surface area (Å²) < 4.78 is 1.97. The minimum absolute atomic E-state index is 0.556. The molecular formula is C13H17N5S. The lowest BCUT2D eigenvalue weighted by Gasteiger charge is -2.05. The Bertz CT molecular complexity index is 509. The number of hydrogen-bond acceptors (Lipinski definition) is 5. The van der Waals surface area contributed by atoms with Crippen LogP contribution in [0.5, 0.6) is 0 Å². The average Bonchev–Trinajstić information content (AvgIpc) is 3.19. The molecule has 1 heterocycles. The van der Waals surface area contributed by atoms with Crippen molar-refractivity contribution in [3.63, 3.8) is 0 Å². The Hall–Kier alpha value is -1.56. The second-order valence-electron chi connectivity index (χ2n) is 4.63. The normalized spacial score (nSPS) is 14.5. The van der Waals surface area contributed by atoms with E-state index in [-0.39, 0.29) is 0 Å². The minimum Gasteiger partial charge on any atom is -0.385 e. The van der Waals surface area contributed by atoms with E-state index in [1.54, 1.807) is 11.8 Å². The molecule has 100 valence electrons. The zero-order valence-electron chi connectivity index (χ0n) is 10.7. The van der Waals surface area contributed by atoms with Gasteiger partial charge in [-0.15, -0.1) is 5.10 Å². The smallest absolute Gasteiger partial charge is 0.209 e. The third-order valence-electron chi connectivity index (χ3n) is 3.01. The third kappa shape index (κ3) is 3.47. The van der Waals surface area contributed by atoms with Crippen LogP contribution in [0.15, 0.2) is 35.5 Å². The van der Waals surface area contributed by atoms with Crippen LogP contribution in [0.4, 0.5) is 5.69 Å². The number of rotatable bonds is 7. The predicted molar refractivity (Wildman–Crippen MR) is 76.4 cm³/mol. The van der Waals surface area contributed by atoms with Gasteiger partial charge in [0, 0.05) is 18.0 Å². The van der Waals surface area contributed by atoms with Crippen LogP contribution in [-0.2, 0) is 0 Å². The summed E-state index contributed by atoms with van der Waals surface area (Å²) in [6, 6.07) is 10.8. The average molecular weight is 275 g/mol. The summed E-state index contributed by atoms with van der Waals surface area (Å²) in [6.07, 6.45) is 3.53. The van der Waals surface area contributed by atoms with Gasteiger partial charge in [0.15, 0.2) is 0 Å². The largest absolute Gasteiger partial charge is 0.385 e. The first kappa shape index (κ1) is 12.5. The van der Waals surface area contributed by atoms with E-state index in [2.05, 4.69) is 33.0 Å². The van der Waals surface area contributed by atoms with Crippen molar-refractivity contribution in [3.8, 4) is 0 Å². The van der Waals surface area contributed by atoms with Crippen molar-refractivity contribution in [3.05, 3.63) is 30.3 Å². The highest BCUT2D eigenvalue weighted by molar-refractivity contribution is 7.99. The first-order chi connectivity index (χ1) is 9.43. The molecule has 0 atom stereocenters.